The zero-order valence-electron chi connectivity index (χ0n) is 19.9. The van der Waals surface area contributed by atoms with Gasteiger partial charge >= 0.3 is 12.1 Å². The smallest absolute Gasteiger partial charge is 0.323 e. The molecule has 2 aliphatic heterocycles. The van der Waals surface area contributed by atoms with Gasteiger partial charge in [0.05, 0.1) is 13.2 Å². The Morgan fingerprint density at radius 2 is 1.69 bits per heavy atom. The number of benzene rings is 2. The molecule has 10 heteroatoms. The molecule has 0 saturated carbocycles. The second-order valence-corrected chi connectivity index (χ2v) is 8.68. The molecular weight excluding hydrogens is 448 g/mol. The minimum Gasteiger partial charge on any atom is -0.378 e. The fourth-order valence-corrected chi connectivity index (χ4v) is 4.33. The summed E-state index contributed by atoms with van der Waals surface area (Å²) in [6, 6.07) is 14.3. The van der Waals surface area contributed by atoms with Gasteiger partial charge < -0.3 is 26.0 Å². The van der Waals surface area contributed by atoms with E-state index in [2.05, 4.69) is 10.6 Å². The number of nitrogens with two attached hydrogens (primary N) is 1. The van der Waals surface area contributed by atoms with Crippen LogP contribution in [0.5, 0.6) is 0 Å². The Balaban J connectivity index is 1.51. The molecule has 2 saturated heterocycles. The van der Waals surface area contributed by atoms with Gasteiger partial charge in [0.25, 0.3) is 5.91 Å². The number of carbonyl (C=O) groups excluding carboxylic acids is 3. The van der Waals surface area contributed by atoms with E-state index in [0.29, 0.717) is 38.5 Å². The van der Waals surface area contributed by atoms with Crippen molar-refractivity contribution in [2.75, 3.05) is 44.7 Å². The Hall–Kier alpha value is -3.63. The number of nitrogens with zero attached hydrogens (tertiary/aromatic N) is 3. The van der Waals surface area contributed by atoms with E-state index in [1.807, 2.05) is 49.4 Å². The predicted molar refractivity (Wildman–Crippen MR) is 131 cm³/mol. The molecule has 2 aromatic carbocycles. The Kier molecular flexibility index (Phi) is 7.84. The molecule has 0 aromatic heterocycles. The maximum atomic E-state index is 13.4. The predicted octanol–water partition coefficient (Wildman–Crippen LogP) is 1.70. The summed E-state index contributed by atoms with van der Waals surface area (Å²) >= 11 is 0. The van der Waals surface area contributed by atoms with Crippen molar-refractivity contribution in [2.45, 2.75) is 26.2 Å². The quantitative estimate of drug-likeness (QED) is 0.602. The Morgan fingerprint density at radius 3 is 2.43 bits per heavy atom. The lowest BCUT2D eigenvalue weighted by Crippen LogP contribution is -2.57. The SMILES string of the molecule is Cc1cccc(NC(=O)N2CCN(C(=O)N3CCOCC3)C2C(=O)NCc2cccc(CN)c2)c1. The van der Waals surface area contributed by atoms with E-state index < -0.39 is 18.1 Å². The highest BCUT2D eigenvalue weighted by Crippen LogP contribution is 2.20. The van der Waals surface area contributed by atoms with E-state index >= 15 is 0 Å². The van der Waals surface area contributed by atoms with Crippen LogP contribution in [0.3, 0.4) is 0 Å². The molecule has 2 aliphatic rings. The molecule has 2 heterocycles. The molecule has 2 fully saturated rings. The van der Waals surface area contributed by atoms with Crippen LogP contribution in [-0.4, -0.2) is 78.2 Å². The first-order valence-electron chi connectivity index (χ1n) is 11.8. The molecule has 1 atom stereocenters. The van der Waals surface area contributed by atoms with Crippen molar-refractivity contribution in [2.24, 2.45) is 5.73 Å². The van der Waals surface area contributed by atoms with Crippen molar-refractivity contribution in [3.63, 3.8) is 0 Å². The second-order valence-electron chi connectivity index (χ2n) is 8.68. The lowest BCUT2D eigenvalue weighted by atomic mass is 10.1. The number of amides is 5. The third kappa shape index (κ3) is 5.90. The minimum absolute atomic E-state index is 0.245. The highest BCUT2D eigenvalue weighted by molar-refractivity contribution is 5.96. The van der Waals surface area contributed by atoms with Crippen molar-refractivity contribution in [3.05, 3.63) is 65.2 Å². The number of ether oxygens (including phenoxy) is 1. The fourth-order valence-electron chi connectivity index (χ4n) is 4.33. The first-order chi connectivity index (χ1) is 17.0. The van der Waals surface area contributed by atoms with Crippen molar-refractivity contribution in [1.29, 1.82) is 0 Å². The number of hydrogen-bond acceptors (Lipinski definition) is 5. The first kappa shape index (κ1) is 24.5. The van der Waals surface area contributed by atoms with E-state index in [-0.39, 0.29) is 25.7 Å². The van der Waals surface area contributed by atoms with Gasteiger partial charge in [0, 0.05) is 45.0 Å². The average molecular weight is 481 g/mol. The topological polar surface area (TPSA) is 120 Å². The van der Waals surface area contributed by atoms with Crippen LogP contribution < -0.4 is 16.4 Å². The number of morpholine rings is 1. The Morgan fingerprint density at radius 1 is 0.971 bits per heavy atom. The van der Waals surface area contributed by atoms with Crippen molar-refractivity contribution in [3.8, 4) is 0 Å². The molecule has 0 aliphatic carbocycles. The number of urea groups is 2. The van der Waals surface area contributed by atoms with Crippen LogP contribution in [0.15, 0.2) is 48.5 Å². The molecule has 0 spiro atoms. The third-order valence-electron chi connectivity index (χ3n) is 6.16. The van der Waals surface area contributed by atoms with Gasteiger partial charge in [-0.3, -0.25) is 14.6 Å². The summed E-state index contributed by atoms with van der Waals surface area (Å²) < 4.78 is 5.35. The summed E-state index contributed by atoms with van der Waals surface area (Å²) in [7, 11) is 0. The maximum absolute atomic E-state index is 13.4. The van der Waals surface area contributed by atoms with Gasteiger partial charge in [0.15, 0.2) is 6.17 Å². The summed E-state index contributed by atoms with van der Waals surface area (Å²) in [5.41, 5.74) is 9.21. The summed E-state index contributed by atoms with van der Waals surface area (Å²) in [5.74, 6) is -0.415. The summed E-state index contributed by atoms with van der Waals surface area (Å²) in [6.45, 7) is 4.90. The standard InChI is InChI=1S/C25H32N6O4/c1-18-4-2-7-21(14-18)28-24(33)30-8-9-31(25(34)29-10-12-35-13-11-29)23(30)22(32)27-17-20-6-3-5-19(15-20)16-26/h2-7,14-15,23H,8-13,16-17,26H2,1H3,(H,27,32)(H,28,33). The van der Waals surface area contributed by atoms with Crippen LogP contribution in [-0.2, 0) is 22.6 Å². The van der Waals surface area contributed by atoms with E-state index in [4.69, 9.17) is 10.5 Å². The zero-order chi connectivity index (χ0) is 24.8. The highest BCUT2D eigenvalue weighted by atomic mass is 16.5. The maximum Gasteiger partial charge on any atom is 0.323 e. The number of carbonyl (C=O) groups is 3. The zero-order valence-corrected chi connectivity index (χ0v) is 19.9. The Bertz CT molecular complexity index is 1070. The van der Waals surface area contributed by atoms with Gasteiger partial charge in [-0.25, -0.2) is 9.59 Å². The van der Waals surface area contributed by atoms with Gasteiger partial charge in [-0.15, -0.1) is 0 Å². The normalized spacial score (nSPS) is 17.9. The van der Waals surface area contributed by atoms with Crippen molar-refractivity contribution in [1.82, 2.24) is 20.0 Å². The van der Waals surface area contributed by atoms with Gasteiger partial charge in [-0.1, -0.05) is 36.4 Å². The number of nitrogens with one attached hydrogen (secondary N) is 2. The summed E-state index contributed by atoms with van der Waals surface area (Å²) in [5, 5.41) is 5.76. The van der Waals surface area contributed by atoms with E-state index in [1.54, 1.807) is 11.0 Å². The molecule has 35 heavy (non-hydrogen) atoms. The Labute approximate surface area is 205 Å². The van der Waals surface area contributed by atoms with Gasteiger partial charge in [0.2, 0.25) is 0 Å². The molecule has 10 nitrogen and oxygen atoms in total. The van der Waals surface area contributed by atoms with Gasteiger partial charge in [0.1, 0.15) is 0 Å². The van der Waals surface area contributed by atoms with E-state index in [0.717, 1.165) is 16.7 Å². The van der Waals surface area contributed by atoms with E-state index in [1.165, 1.54) is 9.80 Å². The fraction of sp³-hybridized carbons (Fsp3) is 0.400. The molecular formula is C25H32N6O4. The van der Waals surface area contributed by atoms with Crippen LogP contribution >= 0.6 is 0 Å². The van der Waals surface area contributed by atoms with E-state index in [9.17, 15) is 14.4 Å². The number of hydrogen-bond donors (Lipinski definition) is 3. The van der Waals surface area contributed by atoms with Crippen LogP contribution in [0.4, 0.5) is 15.3 Å². The summed E-state index contributed by atoms with van der Waals surface area (Å²) in [4.78, 5) is 44.4. The largest absolute Gasteiger partial charge is 0.378 e. The molecule has 0 radical (unpaired) electrons. The van der Waals surface area contributed by atoms with Crippen LogP contribution in [0.25, 0.3) is 0 Å². The number of rotatable bonds is 5. The molecule has 0 bridgehead atoms. The van der Waals surface area contributed by atoms with Crippen LogP contribution in [0.1, 0.15) is 16.7 Å². The van der Waals surface area contributed by atoms with Crippen molar-refractivity contribution < 1.29 is 19.1 Å². The second kappa shape index (κ2) is 11.2. The molecule has 186 valence electrons. The molecule has 5 amide bonds. The first-order valence-corrected chi connectivity index (χ1v) is 11.8. The molecule has 1 unspecified atom stereocenters. The van der Waals surface area contributed by atoms with Gasteiger partial charge in [-0.2, -0.15) is 0 Å². The van der Waals surface area contributed by atoms with Crippen LogP contribution in [0, 0.1) is 6.92 Å². The summed E-state index contributed by atoms with van der Waals surface area (Å²) in [6.07, 6.45) is -1.06. The monoisotopic (exact) mass is 480 g/mol. The lowest BCUT2D eigenvalue weighted by Gasteiger charge is -2.34. The minimum atomic E-state index is -1.06. The van der Waals surface area contributed by atoms with Crippen LogP contribution in [0.2, 0.25) is 0 Å². The molecule has 4 rings (SSSR count). The average Bonchev–Trinajstić information content (AvgIpc) is 3.33. The third-order valence-corrected chi connectivity index (χ3v) is 6.16. The molecule has 2 aromatic rings. The number of aryl methyl sites for hydroxylation is 1. The lowest BCUT2D eigenvalue weighted by molar-refractivity contribution is -0.128. The van der Waals surface area contributed by atoms with Crippen molar-refractivity contribution >= 4 is 23.7 Å². The highest BCUT2D eigenvalue weighted by Gasteiger charge is 2.44. The number of anilines is 1. The van der Waals surface area contributed by atoms with Gasteiger partial charge in [-0.05, 0) is 35.7 Å². The molecule has 4 N–H and O–H groups in total.